The summed E-state index contributed by atoms with van der Waals surface area (Å²) in [7, 11) is -2.96. The van der Waals surface area contributed by atoms with E-state index >= 15 is 0 Å². The Morgan fingerprint density at radius 1 is 1.33 bits per heavy atom. The van der Waals surface area contributed by atoms with E-state index in [9.17, 15) is 8.42 Å². The number of rotatable bonds is 3. The van der Waals surface area contributed by atoms with E-state index in [1.54, 1.807) is 4.31 Å². The van der Waals surface area contributed by atoms with Crippen LogP contribution in [0.4, 0.5) is 0 Å². The summed E-state index contributed by atoms with van der Waals surface area (Å²) in [5, 5.41) is 0. The van der Waals surface area contributed by atoms with Crippen LogP contribution < -0.4 is 0 Å². The van der Waals surface area contributed by atoms with E-state index < -0.39 is 10.0 Å². The summed E-state index contributed by atoms with van der Waals surface area (Å²) in [5.74, 6) is 0.568. The molecule has 0 aromatic carbocycles. The lowest BCUT2D eigenvalue weighted by atomic mass is 9.86. The fourth-order valence-electron chi connectivity index (χ4n) is 1.97. The minimum Gasteiger partial charge on any atom is -0.213 e. The van der Waals surface area contributed by atoms with Crippen LogP contribution >= 0.6 is 0 Å². The Morgan fingerprint density at radius 3 is 2.33 bits per heavy atom. The van der Waals surface area contributed by atoms with Gasteiger partial charge in [-0.05, 0) is 30.6 Å². The van der Waals surface area contributed by atoms with Crippen molar-refractivity contribution in [2.24, 2.45) is 11.3 Å². The molecule has 1 atom stereocenters. The Kier molecular flexibility index (Phi) is 3.82. The average Bonchev–Trinajstić information content (AvgIpc) is 2.45. The zero-order valence-electron chi connectivity index (χ0n) is 10.3. The minimum absolute atomic E-state index is 0.360. The summed E-state index contributed by atoms with van der Waals surface area (Å²) in [6.45, 7) is 8.14. The lowest BCUT2D eigenvalue weighted by Crippen LogP contribution is -2.27. The van der Waals surface area contributed by atoms with Gasteiger partial charge >= 0.3 is 0 Å². The molecule has 0 spiro atoms. The molecular weight excluding hydrogens is 210 g/mol. The molecule has 0 bridgehead atoms. The van der Waals surface area contributed by atoms with Crippen LogP contribution in [0.5, 0.6) is 0 Å². The molecule has 1 saturated heterocycles. The second kappa shape index (κ2) is 4.42. The van der Waals surface area contributed by atoms with Gasteiger partial charge < -0.3 is 0 Å². The average molecular weight is 233 g/mol. The van der Waals surface area contributed by atoms with Crippen LogP contribution in [0.3, 0.4) is 0 Å². The number of nitrogens with zero attached hydrogens (tertiary/aromatic N) is 1. The highest BCUT2D eigenvalue weighted by Gasteiger charge is 2.28. The van der Waals surface area contributed by atoms with Gasteiger partial charge in [-0.2, -0.15) is 0 Å². The van der Waals surface area contributed by atoms with Crippen LogP contribution in [0.1, 0.15) is 40.0 Å². The van der Waals surface area contributed by atoms with Crippen molar-refractivity contribution in [3.63, 3.8) is 0 Å². The normalized spacial score (nSPS) is 24.7. The van der Waals surface area contributed by atoms with Gasteiger partial charge in [0.2, 0.25) is 10.0 Å². The molecule has 0 radical (unpaired) electrons. The van der Waals surface area contributed by atoms with Crippen LogP contribution in [0.25, 0.3) is 0 Å². The molecule has 3 nitrogen and oxygen atoms in total. The molecule has 4 heteroatoms. The van der Waals surface area contributed by atoms with Crippen LogP contribution in [0, 0.1) is 11.3 Å². The minimum atomic E-state index is -2.96. The summed E-state index contributed by atoms with van der Waals surface area (Å²) >= 11 is 0. The molecule has 15 heavy (non-hydrogen) atoms. The van der Waals surface area contributed by atoms with Crippen molar-refractivity contribution in [2.75, 3.05) is 19.3 Å². The largest absolute Gasteiger partial charge is 0.213 e. The summed E-state index contributed by atoms with van der Waals surface area (Å²) in [5.41, 5.74) is 0.360. The zero-order chi connectivity index (χ0) is 11.7. The first-order valence-corrected chi connectivity index (χ1v) is 7.48. The Balaban J connectivity index is 2.38. The molecular formula is C11H23NO2S. The van der Waals surface area contributed by atoms with Gasteiger partial charge in [-0.3, -0.25) is 0 Å². The van der Waals surface area contributed by atoms with Gasteiger partial charge in [-0.1, -0.05) is 20.8 Å². The van der Waals surface area contributed by atoms with E-state index in [0.717, 1.165) is 19.4 Å². The molecule has 0 saturated carbocycles. The summed E-state index contributed by atoms with van der Waals surface area (Å²) in [4.78, 5) is 0. The maximum atomic E-state index is 11.3. The first-order chi connectivity index (χ1) is 6.68. The monoisotopic (exact) mass is 233 g/mol. The van der Waals surface area contributed by atoms with Gasteiger partial charge in [0, 0.05) is 13.1 Å². The fraction of sp³-hybridized carbons (Fsp3) is 1.00. The third-order valence-corrected chi connectivity index (χ3v) is 4.29. The molecule has 1 aliphatic rings. The molecule has 1 fully saturated rings. The lowest BCUT2D eigenvalue weighted by Gasteiger charge is -2.20. The van der Waals surface area contributed by atoms with E-state index in [2.05, 4.69) is 20.8 Å². The van der Waals surface area contributed by atoms with Gasteiger partial charge in [-0.25, -0.2) is 12.7 Å². The van der Waals surface area contributed by atoms with Crippen molar-refractivity contribution in [1.82, 2.24) is 4.31 Å². The van der Waals surface area contributed by atoms with Gasteiger partial charge in [0.15, 0.2) is 0 Å². The molecule has 1 heterocycles. The molecule has 0 aliphatic carbocycles. The highest BCUT2D eigenvalue weighted by molar-refractivity contribution is 7.88. The quantitative estimate of drug-likeness (QED) is 0.748. The molecule has 0 amide bonds. The van der Waals surface area contributed by atoms with Crippen molar-refractivity contribution in [2.45, 2.75) is 40.0 Å². The lowest BCUT2D eigenvalue weighted by molar-refractivity contribution is 0.325. The van der Waals surface area contributed by atoms with E-state index in [4.69, 9.17) is 0 Å². The maximum Gasteiger partial charge on any atom is 0.211 e. The summed E-state index contributed by atoms with van der Waals surface area (Å²) in [6.07, 6.45) is 4.66. The highest BCUT2D eigenvalue weighted by Crippen LogP contribution is 2.28. The first-order valence-electron chi connectivity index (χ1n) is 5.63. The van der Waals surface area contributed by atoms with Crippen molar-refractivity contribution < 1.29 is 8.42 Å². The van der Waals surface area contributed by atoms with Crippen molar-refractivity contribution in [3.05, 3.63) is 0 Å². The predicted molar refractivity (Wildman–Crippen MR) is 63.2 cm³/mol. The van der Waals surface area contributed by atoms with E-state index in [0.29, 0.717) is 17.9 Å². The molecule has 0 aromatic rings. The van der Waals surface area contributed by atoms with E-state index in [1.165, 1.54) is 12.7 Å². The number of hydrogen-bond donors (Lipinski definition) is 0. The number of sulfonamides is 1. The third-order valence-electron chi connectivity index (χ3n) is 3.02. The van der Waals surface area contributed by atoms with Gasteiger partial charge in [0.25, 0.3) is 0 Å². The smallest absolute Gasteiger partial charge is 0.211 e. The molecule has 1 aliphatic heterocycles. The summed E-state index contributed by atoms with van der Waals surface area (Å²) < 4.78 is 24.2. The predicted octanol–water partition coefficient (Wildman–Crippen LogP) is 2.09. The van der Waals surface area contributed by atoms with Crippen molar-refractivity contribution in [1.29, 1.82) is 0 Å². The van der Waals surface area contributed by atoms with E-state index in [1.807, 2.05) is 0 Å². The topological polar surface area (TPSA) is 37.4 Å². The van der Waals surface area contributed by atoms with Crippen LogP contribution in [0.2, 0.25) is 0 Å². The van der Waals surface area contributed by atoms with Crippen LogP contribution in [0.15, 0.2) is 0 Å². The maximum absolute atomic E-state index is 11.3. The van der Waals surface area contributed by atoms with Gasteiger partial charge in [0.05, 0.1) is 6.26 Å². The van der Waals surface area contributed by atoms with Crippen molar-refractivity contribution in [3.8, 4) is 0 Å². The molecule has 1 rings (SSSR count). The Hall–Kier alpha value is -0.0900. The SMILES string of the molecule is CC(C)(C)CCC1CCN(S(C)(=O)=O)C1. The molecule has 90 valence electrons. The first kappa shape index (κ1) is 13.0. The number of hydrogen-bond acceptors (Lipinski definition) is 2. The Bertz CT molecular complexity index is 303. The third kappa shape index (κ3) is 4.51. The molecule has 0 aromatic heterocycles. The fourth-order valence-corrected chi connectivity index (χ4v) is 2.89. The van der Waals surface area contributed by atoms with Crippen molar-refractivity contribution >= 4 is 10.0 Å². The Labute approximate surface area is 93.9 Å². The second-order valence-electron chi connectivity index (χ2n) is 5.88. The van der Waals surface area contributed by atoms with Crippen LogP contribution in [-0.4, -0.2) is 32.1 Å². The van der Waals surface area contributed by atoms with E-state index in [-0.39, 0.29) is 0 Å². The zero-order valence-corrected chi connectivity index (χ0v) is 11.1. The standard InChI is InChI=1S/C11H23NO2S/c1-11(2,3)7-5-10-6-8-12(9-10)15(4,13)14/h10H,5-9H2,1-4H3. The van der Waals surface area contributed by atoms with Crippen LogP contribution in [-0.2, 0) is 10.0 Å². The second-order valence-corrected chi connectivity index (χ2v) is 7.86. The Morgan fingerprint density at radius 2 is 1.93 bits per heavy atom. The van der Waals surface area contributed by atoms with Gasteiger partial charge in [0.1, 0.15) is 0 Å². The van der Waals surface area contributed by atoms with Gasteiger partial charge in [-0.15, -0.1) is 0 Å². The molecule has 0 N–H and O–H groups in total. The molecule has 1 unspecified atom stereocenters. The highest BCUT2D eigenvalue weighted by atomic mass is 32.2. The summed E-state index contributed by atoms with van der Waals surface area (Å²) in [6, 6.07) is 0.